The lowest BCUT2D eigenvalue weighted by Gasteiger charge is -2.16. The number of carbonyl (C=O) groups is 1. The van der Waals surface area contributed by atoms with Gasteiger partial charge in [-0.15, -0.1) is 0 Å². The number of hydrogen-bond donors (Lipinski definition) is 2. The van der Waals surface area contributed by atoms with Crippen molar-refractivity contribution in [1.82, 2.24) is 9.97 Å². The SMILES string of the molecule is CC1(C)C(=O)Nc2ccc(S(=O)(=O)Nc3ncccn3)cc21. The molecule has 114 valence electrons. The van der Waals surface area contributed by atoms with Crippen molar-refractivity contribution >= 4 is 27.6 Å². The fourth-order valence-corrected chi connectivity index (χ4v) is 3.23. The van der Waals surface area contributed by atoms with Crippen molar-refractivity contribution < 1.29 is 13.2 Å². The topological polar surface area (TPSA) is 101 Å². The van der Waals surface area contributed by atoms with Crippen molar-refractivity contribution in [2.75, 3.05) is 10.0 Å². The summed E-state index contributed by atoms with van der Waals surface area (Å²) in [6.45, 7) is 3.50. The Hall–Kier alpha value is -2.48. The zero-order chi connectivity index (χ0) is 16.0. The van der Waals surface area contributed by atoms with Crippen molar-refractivity contribution in [1.29, 1.82) is 0 Å². The molecule has 0 aliphatic carbocycles. The van der Waals surface area contributed by atoms with E-state index in [0.717, 1.165) is 0 Å². The van der Waals surface area contributed by atoms with Gasteiger partial charge in [-0.1, -0.05) is 0 Å². The van der Waals surface area contributed by atoms with Gasteiger partial charge in [0.25, 0.3) is 10.0 Å². The molecule has 0 radical (unpaired) electrons. The Kier molecular flexibility index (Phi) is 3.13. The zero-order valence-electron chi connectivity index (χ0n) is 12.0. The first-order valence-corrected chi connectivity index (χ1v) is 8.05. The summed E-state index contributed by atoms with van der Waals surface area (Å²) < 4.78 is 27.1. The van der Waals surface area contributed by atoms with E-state index in [1.807, 2.05) is 0 Å². The van der Waals surface area contributed by atoms with Gasteiger partial charge in [0.15, 0.2) is 0 Å². The number of fused-ring (bicyclic) bond motifs is 1. The number of hydrogen-bond acceptors (Lipinski definition) is 5. The van der Waals surface area contributed by atoms with Gasteiger partial charge < -0.3 is 5.32 Å². The minimum atomic E-state index is -3.82. The molecule has 3 rings (SSSR count). The van der Waals surface area contributed by atoms with E-state index in [9.17, 15) is 13.2 Å². The molecule has 1 aromatic carbocycles. The number of carbonyl (C=O) groups excluding carboxylic acids is 1. The Balaban J connectivity index is 2.00. The Labute approximate surface area is 127 Å². The molecule has 2 heterocycles. The van der Waals surface area contributed by atoms with E-state index >= 15 is 0 Å². The minimum absolute atomic E-state index is 0.00328. The Bertz CT molecular complexity index is 848. The van der Waals surface area contributed by atoms with Gasteiger partial charge in [-0.25, -0.2) is 23.1 Å². The highest BCUT2D eigenvalue weighted by Gasteiger charge is 2.39. The van der Waals surface area contributed by atoms with Crippen LogP contribution >= 0.6 is 0 Å². The lowest BCUT2D eigenvalue weighted by molar-refractivity contribution is -0.119. The second kappa shape index (κ2) is 4.77. The molecule has 0 bridgehead atoms. The van der Waals surface area contributed by atoms with Crippen LogP contribution in [0.1, 0.15) is 19.4 Å². The lowest BCUT2D eigenvalue weighted by Crippen LogP contribution is -2.27. The van der Waals surface area contributed by atoms with Gasteiger partial charge in [-0.2, -0.15) is 0 Å². The van der Waals surface area contributed by atoms with E-state index in [4.69, 9.17) is 0 Å². The van der Waals surface area contributed by atoms with E-state index in [0.29, 0.717) is 11.3 Å². The first kappa shape index (κ1) is 14.5. The zero-order valence-corrected chi connectivity index (χ0v) is 12.8. The van der Waals surface area contributed by atoms with Gasteiger partial charge in [-0.05, 0) is 43.7 Å². The number of rotatable bonds is 3. The molecule has 0 unspecified atom stereocenters. The Morgan fingerprint density at radius 2 is 1.86 bits per heavy atom. The summed E-state index contributed by atoms with van der Waals surface area (Å²) >= 11 is 0. The van der Waals surface area contributed by atoms with E-state index in [1.54, 1.807) is 26.0 Å². The predicted molar refractivity (Wildman–Crippen MR) is 80.9 cm³/mol. The van der Waals surface area contributed by atoms with Gasteiger partial charge in [0.1, 0.15) is 0 Å². The number of amides is 1. The molecule has 1 amide bonds. The van der Waals surface area contributed by atoms with Gasteiger partial charge in [-0.3, -0.25) is 4.79 Å². The van der Waals surface area contributed by atoms with Crippen LogP contribution in [0.25, 0.3) is 0 Å². The summed E-state index contributed by atoms with van der Waals surface area (Å²) in [7, 11) is -3.82. The van der Waals surface area contributed by atoms with Crippen molar-refractivity contribution in [3.8, 4) is 0 Å². The predicted octanol–water partition coefficient (Wildman–Crippen LogP) is 1.51. The normalized spacial score (nSPS) is 16.0. The molecule has 1 aromatic heterocycles. The van der Waals surface area contributed by atoms with Gasteiger partial charge in [0, 0.05) is 18.1 Å². The number of sulfonamides is 1. The lowest BCUT2D eigenvalue weighted by atomic mass is 9.86. The quantitative estimate of drug-likeness (QED) is 0.893. The van der Waals surface area contributed by atoms with E-state index < -0.39 is 15.4 Å². The second-order valence-corrected chi connectivity index (χ2v) is 7.15. The largest absolute Gasteiger partial charge is 0.325 e. The van der Waals surface area contributed by atoms with E-state index in [-0.39, 0.29) is 16.8 Å². The second-order valence-electron chi connectivity index (χ2n) is 5.46. The third kappa shape index (κ3) is 2.31. The first-order chi connectivity index (χ1) is 10.3. The molecule has 1 aliphatic rings. The van der Waals surface area contributed by atoms with Crippen LogP contribution in [0, 0.1) is 0 Å². The van der Waals surface area contributed by atoms with Crippen LogP contribution in [0.2, 0.25) is 0 Å². The number of nitrogens with one attached hydrogen (secondary N) is 2. The molecule has 2 aromatic rings. The molecule has 0 atom stereocenters. The minimum Gasteiger partial charge on any atom is -0.325 e. The maximum Gasteiger partial charge on any atom is 0.264 e. The van der Waals surface area contributed by atoms with Crippen LogP contribution in [-0.2, 0) is 20.2 Å². The monoisotopic (exact) mass is 318 g/mol. The van der Waals surface area contributed by atoms with Crippen LogP contribution in [0.15, 0.2) is 41.6 Å². The third-order valence-electron chi connectivity index (χ3n) is 3.58. The molecule has 0 spiro atoms. The molecule has 8 heteroatoms. The summed E-state index contributed by atoms with van der Waals surface area (Å²) in [6, 6.07) is 6.11. The van der Waals surface area contributed by atoms with Crippen LogP contribution in [0.5, 0.6) is 0 Å². The summed E-state index contributed by atoms with van der Waals surface area (Å²) in [5.74, 6) is -0.159. The first-order valence-electron chi connectivity index (χ1n) is 6.56. The molecular weight excluding hydrogens is 304 g/mol. The average molecular weight is 318 g/mol. The van der Waals surface area contributed by atoms with Crippen LogP contribution < -0.4 is 10.0 Å². The fourth-order valence-electron chi connectivity index (χ4n) is 2.25. The Morgan fingerprint density at radius 3 is 2.55 bits per heavy atom. The van der Waals surface area contributed by atoms with E-state index in [1.165, 1.54) is 24.5 Å². The summed E-state index contributed by atoms with van der Waals surface area (Å²) in [4.78, 5) is 19.6. The third-order valence-corrected chi connectivity index (χ3v) is 4.91. The number of aromatic nitrogens is 2. The van der Waals surface area contributed by atoms with Gasteiger partial charge >= 0.3 is 0 Å². The fraction of sp³-hybridized carbons (Fsp3) is 0.214. The molecule has 2 N–H and O–H groups in total. The van der Waals surface area contributed by atoms with Crippen molar-refractivity contribution in [3.05, 3.63) is 42.2 Å². The average Bonchev–Trinajstić information content (AvgIpc) is 2.69. The number of benzene rings is 1. The molecule has 1 aliphatic heterocycles. The van der Waals surface area contributed by atoms with Crippen LogP contribution in [-0.4, -0.2) is 24.3 Å². The Morgan fingerprint density at radius 1 is 1.18 bits per heavy atom. The molecule has 7 nitrogen and oxygen atoms in total. The van der Waals surface area contributed by atoms with Crippen LogP contribution in [0.4, 0.5) is 11.6 Å². The van der Waals surface area contributed by atoms with Crippen molar-refractivity contribution in [2.45, 2.75) is 24.2 Å². The molecule has 22 heavy (non-hydrogen) atoms. The van der Waals surface area contributed by atoms with Crippen molar-refractivity contribution in [3.63, 3.8) is 0 Å². The molecule has 0 fully saturated rings. The maximum absolute atomic E-state index is 12.4. The highest BCUT2D eigenvalue weighted by Crippen LogP contribution is 2.38. The highest BCUT2D eigenvalue weighted by atomic mass is 32.2. The smallest absolute Gasteiger partial charge is 0.264 e. The van der Waals surface area contributed by atoms with Crippen molar-refractivity contribution in [2.24, 2.45) is 0 Å². The highest BCUT2D eigenvalue weighted by molar-refractivity contribution is 7.92. The molecular formula is C14H14N4O3S. The summed E-state index contributed by atoms with van der Waals surface area (Å²) in [5.41, 5.74) is 0.503. The number of anilines is 2. The van der Waals surface area contributed by atoms with Gasteiger partial charge in [0.2, 0.25) is 11.9 Å². The van der Waals surface area contributed by atoms with Gasteiger partial charge in [0.05, 0.1) is 10.3 Å². The maximum atomic E-state index is 12.4. The standard InChI is InChI=1S/C14H14N4O3S/c1-14(2)10-8-9(4-5-11(10)17-12(14)19)22(20,21)18-13-15-6-3-7-16-13/h3-8H,1-2H3,(H,17,19)(H,15,16,18). The molecule has 0 saturated carbocycles. The van der Waals surface area contributed by atoms with Crippen LogP contribution in [0.3, 0.4) is 0 Å². The molecule has 0 saturated heterocycles. The number of nitrogens with zero attached hydrogens (tertiary/aromatic N) is 2. The summed E-state index contributed by atoms with van der Waals surface area (Å²) in [6.07, 6.45) is 2.89. The summed E-state index contributed by atoms with van der Waals surface area (Å²) in [5, 5.41) is 2.74. The van der Waals surface area contributed by atoms with E-state index in [2.05, 4.69) is 20.0 Å².